The van der Waals surface area contributed by atoms with E-state index in [9.17, 15) is 0 Å². The van der Waals surface area contributed by atoms with Crippen LogP contribution in [0.3, 0.4) is 0 Å². The molecule has 0 bridgehead atoms. The first kappa shape index (κ1) is 11.3. The van der Waals surface area contributed by atoms with Gasteiger partial charge in [0, 0.05) is 6.61 Å². The molecule has 0 aliphatic carbocycles. The molecule has 2 rings (SSSR count). The Kier molecular flexibility index (Phi) is 3.34. The summed E-state index contributed by atoms with van der Waals surface area (Å²) in [6.07, 6.45) is 1.32. The van der Waals surface area contributed by atoms with Gasteiger partial charge in [0.2, 0.25) is 0 Å². The Morgan fingerprint density at radius 3 is 2.88 bits per heavy atom. The highest BCUT2D eigenvalue weighted by molar-refractivity contribution is 5.58. The lowest BCUT2D eigenvalue weighted by atomic mass is 10.1. The first-order valence-electron chi connectivity index (χ1n) is 5.73. The van der Waals surface area contributed by atoms with Crippen LogP contribution in [0.2, 0.25) is 0 Å². The maximum Gasteiger partial charge on any atom is 0.142 e. The number of methoxy groups -OCH3 is 1. The lowest BCUT2D eigenvalue weighted by molar-refractivity contribution is 0.121. The monoisotopic (exact) mass is 221 g/mol. The molecule has 1 N–H and O–H groups in total. The van der Waals surface area contributed by atoms with E-state index in [4.69, 9.17) is 9.47 Å². The predicted molar refractivity (Wildman–Crippen MR) is 65.2 cm³/mol. The van der Waals surface area contributed by atoms with Crippen LogP contribution in [0, 0.1) is 6.92 Å². The molecule has 1 aromatic rings. The number of hydrogen-bond donors (Lipinski definition) is 1. The average molecular weight is 221 g/mol. The van der Waals surface area contributed by atoms with E-state index < -0.39 is 0 Å². The molecular formula is C13H19NO2. The van der Waals surface area contributed by atoms with Crippen LogP contribution in [0.4, 0.5) is 5.69 Å². The van der Waals surface area contributed by atoms with E-state index in [1.807, 2.05) is 6.07 Å². The number of nitrogens with one attached hydrogen (secondary N) is 1. The fourth-order valence-electron chi connectivity index (χ4n) is 2.04. The summed E-state index contributed by atoms with van der Waals surface area (Å²) in [6.45, 7) is 5.01. The van der Waals surface area contributed by atoms with Gasteiger partial charge in [-0.3, -0.25) is 0 Å². The van der Waals surface area contributed by atoms with Crippen LogP contribution in [0.15, 0.2) is 18.2 Å². The summed E-state index contributed by atoms with van der Waals surface area (Å²) in [4.78, 5) is 0. The maximum absolute atomic E-state index is 5.53. The van der Waals surface area contributed by atoms with Crippen molar-refractivity contribution >= 4 is 5.69 Å². The summed E-state index contributed by atoms with van der Waals surface area (Å²) < 4.78 is 10.9. The molecule has 0 aromatic heterocycles. The fraction of sp³-hybridized carbons (Fsp3) is 0.538. The zero-order valence-corrected chi connectivity index (χ0v) is 10.1. The zero-order chi connectivity index (χ0) is 11.5. The molecule has 1 aliphatic heterocycles. The second kappa shape index (κ2) is 4.74. The minimum atomic E-state index is 0.269. The molecule has 88 valence electrons. The SMILES string of the molecule is COc1cc(C)ccc1NC1CCOC1C. The molecule has 1 fully saturated rings. The fourth-order valence-corrected chi connectivity index (χ4v) is 2.04. The maximum atomic E-state index is 5.53. The Morgan fingerprint density at radius 2 is 2.25 bits per heavy atom. The molecular weight excluding hydrogens is 202 g/mol. The summed E-state index contributed by atoms with van der Waals surface area (Å²) in [6, 6.07) is 6.59. The van der Waals surface area contributed by atoms with E-state index in [-0.39, 0.29) is 6.10 Å². The van der Waals surface area contributed by atoms with Gasteiger partial charge in [-0.1, -0.05) is 6.07 Å². The van der Waals surface area contributed by atoms with Crippen LogP contribution in [-0.4, -0.2) is 25.9 Å². The molecule has 0 amide bonds. The number of aryl methyl sites for hydroxylation is 1. The highest BCUT2D eigenvalue weighted by Gasteiger charge is 2.24. The van der Waals surface area contributed by atoms with E-state index in [1.54, 1.807) is 7.11 Å². The van der Waals surface area contributed by atoms with E-state index in [0.717, 1.165) is 24.5 Å². The van der Waals surface area contributed by atoms with Gasteiger partial charge in [-0.05, 0) is 38.0 Å². The standard InChI is InChI=1S/C13H19NO2/c1-9-4-5-12(13(8-9)15-3)14-11-6-7-16-10(11)2/h4-5,8,10-11,14H,6-7H2,1-3H3. The van der Waals surface area contributed by atoms with Gasteiger partial charge in [0.15, 0.2) is 0 Å². The van der Waals surface area contributed by atoms with Crippen molar-refractivity contribution in [1.29, 1.82) is 0 Å². The number of ether oxygens (including phenoxy) is 2. The van der Waals surface area contributed by atoms with Crippen molar-refractivity contribution < 1.29 is 9.47 Å². The zero-order valence-electron chi connectivity index (χ0n) is 10.1. The highest BCUT2D eigenvalue weighted by atomic mass is 16.5. The van der Waals surface area contributed by atoms with Crippen LogP contribution in [0.25, 0.3) is 0 Å². The van der Waals surface area contributed by atoms with Crippen molar-refractivity contribution in [2.75, 3.05) is 19.0 Å². The lowest BCUT2D eigenvalue weighted by Crippen LogP contribution is -2.26. The lowest BCUT2D eigenvalue weighted by Gasteiger charge is -2.19. The van der Waals surface area contributed by atoms with Gasteiger partial charge in [-0.2, -0.15) is 0 Å². The van der Waals surface area contributed by atoms with E-state index in [2.05, 4.69) is 31.3 Å². The predicted octanol–water partition coefficient (Wildman–Crippen LogP) is 2.59. The largest absolute Gasteiger partial charge is 0.495 e. The number of hydrogen-bond acceptors (Lipinski definition) is 3. The van der Waals surface area contributed by atoms with E-state index >= 15 is 0 Å². The van der Waals surface area contributed by atoms with Gasteiger partial charge >= 0.3 is 0 Å². The molecule has 3 nitrogen and oxygen atoms in total. The summed E-state index contributed by atoms with van der Waals surface area (Å²) in [5, 5.41) is 3.49. The van der Waals surface area contributed by atoms with Crippen molar-refractivity contribution in [3.05, 3.63) is 23.8 Å². The third-order valence-electron chi connectivity index (χ3n) is 3.07. The average Bonchev–Trinajstić information content (AvgIpc) is 2.67. The van der Waals surface area contributed by atoms with Crippen molar-refractivity contribution in [1.82, 2.24) is 0 Å². The third-order valence-corrected chi connectivity index (χ3v) is 3.07. The van der Waals surface area contributed by atoms with E-state index in [0.29, 0.717) is 6.04 Å². The number of benzene rings is 1. The van der Waals surface area contributed by atoms with Crippen LogP contribution in [-0.2, 0) is 4.74 Å². The second-order valence-corrected chi connectivity index (χ2v) is 4.32. The second-order valence-electron chi connectivity index (χ2n) is 4.32. The van der Waals surface area contributed by atoms with Gasteiger partial charge in [-0.15, -0.1) is 0 Å². The van der Waals surface area contributed by atoms with Crippen LogP contribution < -0.4 is 10.1 Å². The smallest absolute Gasteiger partial charge is 0.142 e. The summed E-state index contributed by atoms with van der Waals surface area (Å²) in [5.41, 5.74) is 2.26. The first-order valence-corrected chi connectivity index (χ1v) is 5.73. The van der Waals surface area contributed by atoms with Gasteiger partial charge in [0.1, 0.15) is 5.75 Å². The molecule has 1 aromatic carbocycles. The van der Waals surface area contributed by atoms with Crippen molar-refractivity contribution in [3.63, 3.8) is 0 Å². The van der Waals surface area contributed by atoms with Gasteiger partial charge < -0.3 is 14.8 Å². The van der Waals surface area contributed by atoms with Gasteiger partial charge in [0.25, 0.3) is 0 Å². The normalized spacial score (nSPS) is 24.4. The topological polar surface area (TPSA) is 30.5 Å². The van der Waals surface area contributed by atoms with Crippen molar-refractivity contribution in [2.45, 2.75) is 32.4 Å². The summed E-state index contributed by atoms with van der Waals surface area (Å²) in [7, 11) is 1.70. The molecule has 0 radical (unpaired) electrons. The van der Waals surface area contributed by atoms with Crippen molar-refractivity contribution in [2.24, 2.45) is 0 Å². The molecule has 2 unspecified atom stereocenters. The molecule has 16 heavy (non-hydrogen) atoms. The van der Waals surface area contributed by atoms with Crippen LogP contribution >= 0.6 is 0 Å². The van der Waals surface area contributed by atoms with Crippen LogP contribution in [0.5, 0.6) is 5.75 Å². The Labute approximate surface area is 96.8 Å². The Balaban J connectivity index is 2.14. The molecule has 2 atom stereocenters. The number of anilines is 1. The van der Waals surface area contributed by atoms with Crippen molar-refractivity contribution in [3.8, 4) is 5.75 Å². The number of rotatable bonds is 3. The van der Waals surface area contributed by atoms with Crippen LogP contribution in [0.1, 0.15) is 18.9 Å². The Morgan fingerprint density at radius 1 is 1.44 bits per heavy atom. The molecule has 1 aliphatic rings. The quantitative estimate of drug-likeness (QED) is 0.851. The molecule has 0 spiro atoms. The minimum Gasteiger partial charge on any atom is -0.495 e. The molecule has 1 heterocycles. The third kappa shape index (κ3) is 2.30. The molecule has 3 heteroatoms. The molecule has 1 saturated heterocycles. The molecule has 0 saturated carbocycles. The first-order chi connectivity index (χ1) is 7.70. The summed E-state index contributed by atoms with van der Waals surface area (Å²) >= 11 is 0. The Hall–Kier alpha value is -1.22. The minimum absolute atomic E-state index is 0.269. The highest BCUT2D eigenvalue weighted by Crippen LogP contribution is 2.28. The Bertz CT molecular complexity index is 365. The van der Waals surface area contributed by atoms with E-state index in [1.165, 1.54) is 5.56 Å². The van der Waals surface area contributed by atoms with Gasteiger partial charge in [0.05, 0.1) is 24.9 Å². The van der Waals surface area contributed by atoms with Gasteiger partial charge in [-0.25, -0.2) is 0 Å². The summed E-state index contributed by atoms with van der Waals surface area (Å²) in [5.74, 6) is 0.902.